The minimum atomic E-state index is -4.42. The number of ether oxygens (including phenoxy) is 1. The Morgan fingerprint density at radius 3 is 2.52 bits per heavy atom. The van der Waals surface area contributed by atoms with Gasteiger partial charge in [-0.1, -0.05) is 0 Å². The molecule has 0 radical (unpaired) electrons. The molecule has 2 aromatic rings. The van der Waals surface area contributed by atoms with Gasteiger partial charge in [0.1, 0.15) is 5.82 Å². The van der Waals surface area contributed by atoms with Crippen molar-refractivity contribution < 1.29 is 17.9 Å². The standard InChI is InChI=1S/C19H25ClF3N5O/c1-11(2)28-10-15(19(21,22)23)26-17(28)13-6-4-12(5-7-13)8-24-16-14(29-3)9-25-18(20)27-16/h9-13H,4-8H2,1-3H3,(H,24,25,27). The third kappa shape index (κ3) is 5.12. The predicted molar refractivity (Wildman–Crippen MR) is 104 cm³/mol. The first kappa shape index (κ1) is 21.7. The van der Waals surface area contributed by atoms with Gasteiger partial charge in [0, 0.05) is 24.7 Å². The molecule has 1 aliphatic carbocycles. The predicted octanol–water partition coefficient (Wildman–Crippen LogP) is 5.32. The first-order chi connectivity index (χ1) is 13.7. The van der Waals surface area contributed by atoms with E-state index in [2.05, 4.69) is 20.3 Å². The van der Waals surface area contributed by atoms with E-state index in [-0.39, 0.29) is 17.2 Å². The summed E-state index contributed by atoms with van der Waals surface area (Å²) in [6, 6.07) is -0.0667. The topological polar surface area (TPSA) is 64.9 Å². The lowest BCUT2D eigenvalue weighted by Gasteiger charge is -2.29. The fourth-order valence-corrected chi connectivity index (χ4v) is 3.88. The number of methoxy groups -OCH3 is 1. The van der Waals surface area contributed by atoms with E-state index >= 15 is 0 Å². The lowest BCUT2D eigenvalue weighted by molar-refractivity contribution is -0.141. The Labute approximate surface area is 172 Å². The maximum absolute atomic E-state index is 13.1. The fourth-order valence-electron chi connectivity index (χ4n) is 3.75. The Morgan fingerprint density at radius 1 is 1.24 bits per heavy atom. The summed E-state index contributed by atoms with van der Waals surface area (Å²) < 4.78 is 46.2. The molecular formula is C19H25ClF3N5O. The summed E-state index contributed by atoms with van der Waals surface area (Å²) in [5, 5.41) is 3.39. The van der Waals surface area contributed by atoms with Crippen LogP contribution in [0.2, 0.25) is 5.28 Å². The molecule has 1 fully saturated rings. The molecule has 1 aliphatic rings. The number of alkyl halides is 3. The van der Waals surface area contributed by atoms with Crippen molar-refractivity contribution in [1.82, 2.24) is 19.5 Å². The number of aromatic nitrogens is 4. The van der Waals surface area contributed by atoms with Crippen molar-refractivity contribution in [2.24, 2.45) is 5.92 Å². The highest BCUT2D eigenvalue weighted by Crippen LogP contribution is 2.38. The molecule has 0 spiro atoms. The highest BCUT2D eigenvalue weighted by molar-refractivity contribution is 6.28. The van der Waals surface area contributed by atoms with E-state index in [0.717, 1.165) is 31.9 Å². The Bertz CT molecular complexity index is 832. The van der Waals surface area contributed by atoms with Crippen molar-refractivity contribution in [2.75, 3.05) is 19.0 Å². The van der Waals surface area contributed by atoms with Crippen molar-refractivity contribution in [3.63, 3.8) is 0 Å². The summed E-state index contributed by atoms with van der Waals surface area (Å²) in [7, 11) is 1.54. The van der Waals surface area contributed by atoms with Crippen LogP contribution < -0.4 is 10.1 Å². The average Bonchev–Trinajstić information content (AvgIpc) is 3.13. The van der Waals surface area contributed by atoms with Crippen molar-refractivity contribution in [1.29, 1.82) is 0 Å². The van der Waals surface area contributed by atoms with E-state index in [0.29, 0.717) is 29.9 Å². The van der Waals surface area contributed by atoms with Gasteiger partial charge in [0.15, 0.2) is 17.3 Å². The van der Waals surface area contributed by atoms with Gasteiger partial charge in [0.25, 0.3) is 0 Å². The Balaban J connectivity index is 1.63. The van der Waals surface area contributed by atoms with Gasteiger partial charge in [-0.15, -0.1) is 0 Å². The van der Waals surface area contributed by atoms with Crippen LogP contribution in [-0.2, 0) is 6.18 Å². The molecule has 6 nitrogen and oxygen atoms in total. The summed E-state index contributed by atoms with van der Waals surface area (Å²) in [6.45, 7) is 4.44. The van der Waals surface area contributed by atoms with Crippen molar-refractivity contribution >= 4 is 17.4 Å². The summed E-state index contributed by atoms with van der Waals surface area (Å²) >= 11 is 5.85. The molecule has 160 valence electrons. The summed E-state index contributed by atoms with van der Waals surface area (Å²) in [5.41, 5.74) is -0.808. The maximum atomic E-state index is 13.1. The molecule has 0 aromatic carbocycles. The Hall–Kier alpha value is -2.03. The van der Waals surface area contributed by atoms with Crippen LogP contribution in [0.1, 0.15) is 63.0 Å². The number of hydrogen-bond donors (Lipinski definition) is 1. The van der Waals surface area contributed by atoms with Gasteiger partial charge in [-0.3, -0.25) is 0 Å². The zero-order valence-corrected chi connectivity index (χ0v) is 17.4. The molecule has 2 heterocycles. The molecule has 1 saturated carbocycles. The van der Waals surface area contributed by atoms with E-state index in [1.165, 1.54) is 13.3 Å². The molecule has 0 bridgehead atoms. The summed E-state index contributed by atoms with van der Waals surface area (Å²) in [6.07, 6.45) is 1.62. The number of nitrogens with zero attached hydrogens (tertiary/aromatic N) is 4. The van der Waals surface area contributed by atoms with Gasteiger partial charge < -0.3 is 14.6 Å². The third-order valence-corrected chi connectivity index (χ3v) is 5.51. The number of hydrogen-bond acceptors (Lipinski definition) is 5. The molecule has 0 atom stereocenters. The second-order valence-corrected chi connectivity index (χ2v) is 7.98. The molecule has 29 heavy (non-hydrogen) atoms. The Morgan fingerprint density at radius 2 is 1.93 bits per heavy atom. The molecule has 0 aliphatic heterocycles. The number of rotatable bonds is 6. The van der Waals surface area contributed by atoms with Gasteiger partial charge in [-0.2, -0.15) is 18.2 Å². The van der Waals surface area contributed by atoms with Gasteiger partial charge in [-0.25, -0.2) is 9.97 Å². The van der Waals surface area contributed by atoms with E-state index in [4.69, 9.17) is 16.3 Å². The Kier molecular flexibility index (Phi) is 6.55. The minimum Gasteiger partial charge on any atom is -0.491 e. The summed E-state index contributed by atoms with van der Waals surface area (Å²) in [5.74, 6) is 2.02. The smallest absolute Gasteiger partial charge is 0.434 e. The van der Waals surface area contributed by atoms with Crippen LogP contribution in [-0.4, -0.2) is 33.2 Å². The van der Waals surface area contributed by atoms with Crippen LogP contribution in [0.15, 0.2) is 12.4 Å². The molecule has 0 unspecified atom stereocenters. The first-order valence-corrected chi connectivity index (χ1v) is 10.0. The van der Waals surface area contributed by atoms with Crippen molar-refractivity contribution in [3.05, 3.63) is 29.2 Å². The largest absolute Gasteiger partial charge is 0.491 e. The van der Waals surface area contributed by atoms with Gasteiger partial charge in [-0.05, 0) is 57.0 Å². The van der Waals surface area contributed by atoms with Crippen LogP contribution in [0, 0.1) is 5.92 Å². The molecule has 0 amide bonds. The molecular weight excluding hydrogens is 407 g/mol. The maximum Gasteiger partial charge on any atom is 0.434 e. The van der Waals surface area contributed by atoms with Gasteiger partial charge in [0.05, 0.1) is 13.3 Å². The van der Waals surface area contributed by atoms with E-state index in [1.54, 1.807) is 4.57 Å². The van der Waals surface area contributed by atoms with Crippen molar-refractivity contribution in [3.8, 4) is 5.75 Å². The van der Waals surface area contributed by atoms with E-state index in [1.807, 2.05) is 13.8 Å². The van der Waals surface area contributed by atoms with Crippen molar-refractivity contribution in [2.45, 2.75) is 57.7 Å². The van der Waals surface area contributed by atoms with Gasteiger partial charge in [0.2, 0.25) is 5.28 Å². The van der Waals surface area contributed by atoms with Crippen LogP contribution in [0.25, 0.3) is 0 Å². The monoisotopic (exact) mass is 431 g/mol. The van der Waals surface area contributed by atoms with Gasteiger partial charge >= 0.3 is 6.18 Å². The second-order valence-electron chi connectivity index (χ2n) is 7.64. The average molecular weight is 432 g/mol. The first-order valence-electron chi connectivity index (χ1n) is 9.65. The van der Waals surface area contributed by atoms with Crippen LogP contribution in [0.3, 0.4) is 0 Å². The lowest BCUT2D eigenvalue weighted by Crippen LogP contribution is -2.23. The van der Waals surface area contributed by atoms with E-state index < -0.39 is 11.9 Å². The zero-order chi connectivity index (χ0) is 21.2. The lowest BCUT2D eigenvalue weighted by atomic mass is 9.81. The quantitative estimate of drug-likeness (QED) is 0.627. The summed E-state index contributed by atoms with van der Waals surface area (Å²) in [4.78, 5) is 12.0. The normalized spacial score (nSPS) is 20.1. The number of nitrogens with one attached hydrogen (secondary N) is 1. The molecule has 3 rings (SSSR count). The molecule has 2 aromatic heterocycles. The highest BCUT2D eigenvalue weighted by Gasteiger charge is 2.36. The number of halogens is 4. The number of imidazole rings is 1. The van der Waals surface area contributed by atoms with Crippen LogP contribution in [0.5, 0.6) is 5.75 Å². The molecule has 10 heteroatoms. The number of anilines is 1. The van der Waals surface area contributed by atoms with Crippen LogP contribution in [0.4, 0.5) is 19.0 Å². The second kappa shape index (κ2) is 8.77. The SMILES string of the molecule is COc1cnc(Cl)nc1NCC1CCC(c2nc(C(F)(F)F)cn2C(C)C)CC1. The molecule has 0 saturated heterocycles. The fraction of sp³-hybridized carbons (Fsp3) is 0.632. The van der Waals surface area contributed by atoms with E-state index in [9.17, 15) is 13.2 Å². The zero-order valence-electron chi connectivity index (χ0n) is 16.6. The minimum absolute atomic E-state index is 0.0350. The third-order valence-electron chi connectivity index (χ3n) is 5.32. The van der Waals surface area contributed by atoms with Crippen LogP contribution >= 0.6 is 11.6 Å². The highest BCUT2D eigenvalue weighted by atomic mass is 35.5. The molecule has 1 N–H and O–H groups in total.